The fourth-order valence-electron chi connectivity index (χ4n) is 3.24. The summed E-state index contributed by atoms with van der Waals surface area (Å²) < 4.78 is 7.60. The molecule has 20 heavy (non-hydrogen) atoms. The normalized spacial score (nSPS) is 17.1. The van der Waals surface area contributed by atoms with Crippen LogP contribution in [0.1, 0.15) is 32.0 Å². The third-order valence-corrected chi connectivity index (χ3v) is 4.73. The molecule has 3 rings (SSSR count). The van der Waals surface area contributed by atoms with E-state index in [9.17, 15) is 0 Å². The number of hydrogen-bond donors (Lipinski definition) is 1. The molecule has 4 heteroatoms. The second-order valence-corrected chi connectivity index (χ2v) is 5.86. The number of rotatable bonds is 5. The molecule has 108 valence electrons. The first-order valence-corrected chi connectivity index (χ1v) is 7.44. The van der Waals surface area contributed by atoms with E-state index in [0.29, 0.717) is 5.41 Å². The van der Waals surface area contributed by atoms with Crippen LogP contribution in [-0.2, 0) is 13.0 Å². The highest BCUT2D eigenvalue weighted by Crippen LogP contribution is 2.42. The Balaban J connectivity index is 2.01. The summed E-state index contributed by atoms with van der Waals surface area (Å²) in [5.74, 6) is 2.03. The summed E-state index contributed by atoms with van der Waals surface area (Å²) in [5, 5.41) is 0. The van der Waals surface area contributed by atoms with Crippen molar-refractivity contribution in [3.05, 3.63) is 24.0 Å². The minimum absolute atomic E-state index is 0.290. The van der Waals surface area contributed by atoms with Crippen LogP contribution >= 0.6 is 0 Å². The number of aromatic nitrogens is 2. The Morgan fingerprint density at radius 3 is 2.75 bits per heavy atom. The van der Waals surface area contributed by atoms with Crippen molar-refractivity contribution in [1.82, 2.24) is 9.55 Å². The highest BCUT2D eigenvalue weighted by molar-refractivity contribution is 5.77. The van der Waals surface area contributed by atoms with E-state index in [0.717, 1.165) is 30.8 Å². The van der Waals surface area contributed by atoms with Gasteiger partial charge in [-0.15, -0.1) is 0 Å². The van der Waals surface area contributed by atoms with E-state index in [1.165, 1.54) is 30.6 Å². The van der Waals surface area contributed by atoms with Crippen molar-refractivity contribution in [3.63, 3.8) is 0 Å². The largest absolute Gasteiger partial charge is 0.497 e. The summed E-state index contributed by atoms with van der Waals surface area (Å²) in [4.78, 5) is 4.83. The molecule has 0 saturated heterocycles. The number of hydrogen-bond acceptors (Lipinski definition) is 3. The van der Waals surface area contributed by atoms with Gasteiger partial charge in [0.05, 0.1) is 18.1 Å². The Kier molecular flexibility index (Phi) is 3.42. The predicted molar refractivity (Wildman–Crippen MR) is 81.0 cm³/mol. The number of methoxy groups -OCH3 is 1. The van der Waals surface area contributed by atoms with E-state index >= 15 is 0 Å². The van der Waals surface area contributed by atoms with Crippen molar-refractivity contribution in [2.75, 3.05) is 13.7 Å². The fraction of sp³-hybridized carbons (Fsp3) is 0.562. The second-order valence-electron chi connectivity index (χ2n) is 5.86. The smallest absolute Gasteiger partial charge is 0.121 e. The van der Waals surface area contributed by atoms with Crippen LogP contribution in [0.15, 0.2) is 18.2 Å². The highest BCUT2D eigenvalue weighted by Gasteiger charge is 2.37. The fourth-order valence-corrected chi connectivity index (χ4v) is 3.24. The number of ether oxygens (including phenoxy) is 1. The molecule has 1 aromatic carbocycles. The van der Waals surface area contributed by atoms with Crippen molar-refractivity contribution in [2.45, 2.75) is 39.2 Å². The minimum Gasteiger partial charge on any atom is -0.497 e. The molecular weight excluding hydrogens is 250 g/mol. The van der Waals surface area contributed by atoms with Gasteiger partial charge >= 0.3 is 0 Å². The van der Waals surface area contributed by atoms with Crippen LogP contribution in [0.4, 0.5) is 0 Å². The van der Waals surface area contributed by atoms with Crippen LogP contribution in [0.5, 0.6) is 5.75 Å². The summed E-state index contributed by atoms with van der Waals surface area (Å²) in [6, 6.07) is 6.12. The van der Waals surface area contributed by atoms with Crippen LogP contribution in [-0.4, -0.2) is 23.2 Å². The molecule has 0 bridgehead atoms. The van der Waals surface area contributed by atoms with Gasteiger partial charge in [0.15, 0.2) is 0 Å². The van der Waals surface area contributed by atoms with Crippen LogP contribution in [0, 0.1) is 5.41 Å². The first-order chi connectivity index (χ1) is 9.71. The van der Waals surface area contributed by atoms with Gasteiger partial charge in [-0.1, -0.05) is 6.42 Å². The molecular formula is C16H23N3O. The average Bonchev–Trinajstić information content (AvgIpc) is 2.78. The van der Waals surface area contributed by atoms with Gasteiger partial charge in [-0.3, -0.25) is 0 Å². The molecule has 0 radical (unpaired) electrons. The van der Waals surface area contributed by atoms with Crippen LogP contribution in [0.3, 0.4) is 0 Å². The number of imidazole rings is 1. The summed E-state index contributed by atoms with van der Waals surface area (Å²) in [5.41, 5.74) is 8.49. The molecule has 4 nitrogen and oxygen atoms in total. The van der Waals surface area contributed by atoms with E-state index in [-0.39, 0.29) is 0 Å². The first kappa shape index (κ1) is 13.4. The zero-order valence-electron chi connectivity index (χ0n) is 12.4. The molecule has 2 aromatic rings. The van der Waals surface area contributed by atoms with Gasteiger partial charge in [0.25, 0.3) is 0 Å². The molecule has 2 N–H and O–H groups in total. The monoisotopic (exact) mass is 273 g/mol. The maximum absolute atomic E-state index is 5.99. The van der Waals surface area contributed by atoms with Crippen molar-refractivity contribution < 1.29 is 4.74 Å². The Morgan fingerprint density at radius 1 is 1.40 bits per heavy atom. The molecule has 0 atom stereocenters. The number of aryl methyl sites for hydroxylation is 1. The first-order valence-electron chi connectivity index (χ1n) is 7.44. The molecule has 0 unspecified atom stereocenters. The SMILES string of the molecule is CCn1c(CC2(CN)CCC2)nc2cc(OC)ccc21. The van der Waals surface area contributed by atoms with Gasteiger partial charge in [-0.25, -0.2) is 4.98 Å². The number of fused-ring (bicyclic) bond motifs is 1. The van der Waals surface area contributed by atoms with Crippen molar-refractivity contribution in [3.8, 4) is 5.75 Å². The topological polar surface area (TPSA) is 53.1 Å². The number of benzene rings is 1. The third kappa shape index (κ3) is 2.08. The lowest BCUT2D eigenvalue weighted by molar-refractivity contribution is 0.140. The lowest BCUT2D eigenvalue weighted by Crippen LogP contribution is -2.39. The van der Waals surface area contributed by atoms with E-state index in [4.69, 9.17) is 15.5 Å². The Labute approximate surface area is 119 Å². The van der Waals surface area contributed by atoms with E-state index in [1.807, 2.05) is 12.1 Å². The van der Waals surface area contributed by atoms with Gasteiger partial charge in [-0.2, -0.15) is 0 Å². The van der Waals surface area contributed by atoms with Gasteiger partial charge in [0.2, 0.25) is 0 Å². The van der Waals surface area contributed by atoms with Crippen LogP contribution < -0.4 is 10.5 Å². The molecule has 1 aliphatic carbocycles. The molecule has 0 aliphatic heterocycles. The van der Waals surface area contributed by atoms with E-state index in [2.05, 4.69) is 17.6 Å². The number of nitrogens with two attached hydrogens (primary N) is 1. The standard InChI is InChI=1S/C16H23N3O/c1-3-19-14-6-5-12(20-2)9-13(14)18-15(19)10-16(11-17)7-4-8-16/h5-6,9H,3-4,7-8,10-11,17H2,1-2H3. The van der Waals surface area contributed by atoms with Crippen molar-refractivity contribution in [1.29, 1.82) is 0 Å². The van der Waals surface area contributed by atoms with Crippen LogP contribution in [0.25, 0.3) is 11.0 Å². The van der Waals surface area contributed by atoms with Crippen molar-refractivity contribution >= 4 is 11.0 Å². The highest BCUT2D eigenvalue weighted by atomic mass is 16.5. The van der Waals surface area contributed by atoms with Crippen LogP contribution in [0.2, 0.25) is 0 Å². The summed E-state index contributed by atoms with van der Waals surface area (Å²) in [6.07, 6.45) is 4.77. The Bertz CT molecular complexity index is 608. The molecule has 0 amide bonds. The predicted octanol–water partition coefficient (Wildman–Crippen LogP) is 2.74. The zero-order valence-corrected chi connectivity index (χ0v) is 12.4. The average molecular weight is 273 g/mol. The van der Waals surface area contributed by atoms with E-state index < -0.39 is 0 Å². The Morgan fingerprint density at radius 2 is 2.20 bits per heavy atom. The van der Waals surface area contributed by atoms with Gasteiger partial charge in [0, 0.05) is 19.0 Å². The molecule has 1 fully saturated rings. The number of nitrogens with zero attached hydrogens (tertiary/aromatic N) is 2. The molecule has 1 aliphatic rings. The molecule has 1 saturated carbocycles. The zero-order chi connectivity index (χ0) is 14.2. The lowest BCUT2D eigenvalue weighted by Gasteiger charge is -2.40. The van der Waals surface area contributed by atoms with Crippen molar-refractivity contribution in [2.24, 2.45) is 11.1 Å². The van der Waals surface area contributed by atoms with Gasteiger partial charge < -0.3 is 15.0 Å². The van der Waals surface area contributed by atoms with Gasteiger partial charge in [0.1, 0.15) is 11.6 Å². The molecule has 1 heterocycles. The summed E-state index contributed by atoms with van der Waals surface area (Å²) >= 11 is 0. The van der Waals surface area contributed by atoms with E-state index in [1.54, 1.807) is 7.11 Å². The second kappa shape index (κ2) is 5.09. The molecule has 0 spiro atoms. The third-order valence-electron chi connectivity index (χ3n) is 4.73. The minimum atomic E-state index is 0.290. The van der Waals surface area contributed by atoms with Gasteiger partial charge in [-0.05, 0) is 43.9 Å². The Hall–Kier alpha value is -1.55. The molecule has 1 aromatic heterocycles. The maximum atomic E-state index is 5.99. The lowest BCUT2D eigenvalue weighted by atomic mass is 9.66. The quantitative estimate of drug-likeness (QED) is 0.911. The maximum Gasteiger partial charge on any atom is 0.121 e. The summed E-state index contributed by atoms with van der Waals surface area (Å²) in [6.45, 7) is 3.88. The summed E-state index contributed by atoms with van der Waals surface area (Å²) in [7, 11) is 1.69.